The quantitative estimate of drug-likeness (QED) is 0.344. The fraction of sp³-hybridized carbons (Fsp3) is 0.133. The highest BCUT2D eigenvalue weighted by molar-refractivity contribution is 14.1. The van der Waals surface area contributed by atoms with Crippen LogP contribution in [0.4, 0.5) is 0 Å². The maximum absolute atomic E-state index is 10.7. The molecule has 0 aliphatic heterocycles. The fourth-order valence-corrected chi connectivity index (χ4v) is 5.70. The molecule has 0 spiro atoms. The standard InChI is InChI=1S/C15H11I4NO3/c16-10-4-9(5-11(17)14(10)22)23-15-12(18)2-7(3-13(15)19)1-8(20)6-21/h2-6,8,22H,1,20H2/t8-/m1/s1. The monoisotopic (exact) mass is 761 g/mol. The lowest BCUT2D eigenvalue weighted by molar-refractivity contribution is -0.108. The Kier molecular flexibility index (Phi) is 7.62. The number of hydrogen-bond donors (Lipinski definition) is 2. The Morgan fingerprint density at radius 3 is 2.04 bits per heavy atom. The Bertz CT molecular complexity index is 705. The molecule has 0 aliphatic rings. The normalized spacial score (nSPS) is 12.0. The molecule has 0 amide bonds. The maximum atomic E-state index is 10.7. The van der Waals surface area contributed by atoms with Crippen LogP contribution in [0, 0.1) is 14.3 Å². The van der Waals surface area contributed by atoms with E-state index in [4.69, 9.17) is 10.5 Å². The van der Waals surface area contributed by atoms with E-state index in [1.165, 1.54) is 0 Å². The Balaban J connectivity index is 2.32. The molecule has 0 bridgehead atoms. The predicted octanol–water partition coefficient (Wildman–Crippen LogP) is 4.67. The van der Waals surface area contributed by atoms with E-state index in [2.05, 4.69) is 90.4 Å². The van der Waals surface area contributed by atoms with Crippen molar-refractivity contribution >= 4 is 96.6 Å². The zero-order valence-electron chi connectivity index (χ0n) is 11.5. The Morgan fingerprint density at radius 2 is 1.57 bits per heavy atom. The molecule has 0 heterocycles. The molecule has 0 fully saturated rings. The lowest BCUT2D eigenvalue weighted by Crippen LogP contribution is -2.24. The third kappa shape index (κ3) is 5.28. The summed E-state index contributed by atoms with van der Waals surface area (Å²) in [4.78, 5) is 10.7. The highest BCUT2D eigenvalue weighted by Crippen LogP contribution is 2.36. The lowest BCUT2D eigenvalue weighted by Gasteiger charge is -2.14. The third-order valence-corrected chi connectivity index (χ3v) is 6.16. The van der Waals surface area contributed by atoms with Crippen LogP contribution in [0.5, 0.6) is 17.2 Å². The first kappa shape index (κ1) is 19.9. The molecule has 0 aliphatic carbocycles. The molecule has 3 N–H and O–H groups in total. The van der Waals surface area contributed by atoms with Crippen LogP contribution in [0.1, 0.15) is 5.56 Å². The molecule has 8 heteroatoms. The second kappa shape index (κ2) is 8.80. The highest BCUT2D eigenvalue weighted by Gasteiger charge is 2.14. The molecule has 2 aromatic rings. The first-order valence-electron chi connectivity index (χ1n) is 6.36. The number of carbonyl (C=O) groups excluding carboxylic acids is 1. The van der Waals surface area contributed by atoms with Gasteiger partial charge in [0, 0.05) is 0 Å². The Hall–Kier alpha value is 0.590. The van der Waals surface area contributed by atoms with Crippen molar-refractivity contribution < 1.29 is 14.6 Å². The van der Waals surface area contributed by atoms with Gasteiger partial charge in [-0.3, -0.25) is 0 Å². The number of rotatable bonds is 5. The van der Waals surface area contributed by atoms with Crippen molar-refractivity contribution in [2.24, 2.45) is 5.73 Å². The number of carbonyl (C=O) groups is 1. The van der Waals surface area contributed by atoms with Gasteiger partial charge in [0.2, 0.25) is 0 Å². The van der Waals surface area contributed by atoms with E-state index >= 15 is 0 Å². The number of nitrogens with two attached hydrogens (primary N) is 1. The maximum Gasteiger partial charge on any atom is 0.154 e. The van der Waals surface area contributed by atoms with E-state index in [1.807, 2.05) is 12.1 Å². The van der Waals surface area contributed by atoms with E-state index in [0.29, 0.717) is 12.2 Å². The van der Waals surface area contributed by atoms with Gasteiger partial charge < -0.3 is 20.4 Å². The summed E-state index contributed by atoms with van der Waals surface area (Å²) >= 11 is 8.56. The third-order valence-electron chi connectivity index (χ3n) is 2.91. The number of halogens is 4. The van der Waals surface area contributed by atoms with Crippen molar-refractivity contribution in [3.8, 4) is 17.2 Å². The van der Waals surface area contributed by atoms with E-state index in [9.17, 15) is 9.90 Å². The number of benzene rings is 2. The van der Waals surface area contributed by atoms with Crippen LogP contribution in [0.2, 0.25) is 0 Å². The van der Waals surface area contributed by atoms with Crippen LogP contribution in [-0.2, 0) is 11.2 Å². The van der Waals surface area contributed by atoms with Crippen LogP contribution in [0.25, 0.3) is 0 Å². The van der Waals surface area contributed by atoms with Crippen molar-refractivity contribution in [2.45, 2.75) is 12.5 Å². The van der Waals surface area contributed by atoms with Gasteiger partial charge in [-0.2, -0.15) is 0 Å². The summed E-state index contributed by atoms with van der Waals surface area (Å²) in [6.45, 7) is 0. The minimum Gasteiger partial charge on any atom is -0.506 e. The molecule has 1 atom stereocenters. The van der Waals surface area contributed by atoms with Crippen LogP contribution in [0.15, 0.2) is 24.3 Å². The summed E-state index contributed by atoms with van der Waals surface area (Å²) in [7, 11) is 0. The van der Waals surface area contributed by atoms with Crippen molar-refractivity contribution in [3.05, 3.63) is 44.1 Å². The molecule has 0 saturated carbocycles. The molecule has 0 saturated heterocycles. The summed E-state index contributed by atoms with van der Waals surface area (Å²) in [6, 6.07) is 7.03. The molecule has 0 unspecified atom stereocenters. The van der Waals surface area contributed by atoms with Crippen molar-refractivity contribution in [1.29, 1.82) is 0 Å². The number of phenolic OH excluding ortho intramolecular Hbond substituents is 1. The van der Waals surface area contributed by atoms with Gasteiger partial charge in [-0.15, -0.1) is 0 Å². The number of phenols is 1. The average Bonchev–Trinajstić information content (AvgIpc) is 2.48. The first-order valence-corrected chi connectivity index (χ1v) is 10.7. The van der Waals surface area contributed by atoms with Gasteiger partial charge in [0.15, 0.2) is 5.75 Å². The smallest absolute Gasteiger partial charge is 0.154 e. The van der Waals surface area contributed by atoms with Crippen LogP contribution in [-0.4, -0.2) is 17.4 Å². The Labute approximate surface area is 188 Å². The van der Waals surface area contributed by atoms with Gasteiger partial charge in [0.25, 0.3) is 0 Å². The minimum absolute atomic E-state index is 0.265. The van der Waals surface area contributed by atoms with Gasteiger partial charge >= 0.3 is 0 Å². The molecule has 2 aromatic carbocycles. The van der Waals surface area contributed by atoms with Crippen LogP contribution >= 0.6 is 90.4 Å². The van der Waals surface area contributed by atoms with Gasteiger partial charge in [-0.1, -0.05) is 0 Å². The van der Waals surface area contributed by atoms with Crippen LogP contribution < -0.4 is 10.5 Å². The topological polar surface area (TPSA) is 72.6 Å². The molecule has 23 heavy (non-hydrogen) atoms. The molecule has 122 valence electrons. The zero-order chi connectivity index (χ0) is 17.1. The summed E-state index contributed by atoms with van der Waals surface area (Å²) < 4.78 is 9.37. The average molecular weight is 761 g/mol. The molecule has 4 nitrogen and oxygen atoms in total. The highest BCUT2D eigenvalue weighted by atomic mass is 127. The molecular weight excluding hydrogens is 750 g/mol. The number of ether oxygens (including phenoxy) is 1. The number of aromatic hydroxyl groups is 1. The summed E-state index contributed by atoms with van der Waals surface area (Å²) in [5, 5.41) is 9.84. The van der Waals surface area contributed by atoms with E-state index in [-0.39, 0.29) is 5.75 Å². The van der Waals surface area contributed by atoms with Crippen LogP contribution in [0.3, 0.4) is 0 Å². The molecule has 0 radical (unpaired) electrons. The Morgan fingerprint density at radius 1 is 1.04 bits per heavy atom. The summed E-state index contributed by atoms with van der Waals surface area (Å²) in [5.74, 6) is 1.69. The summed E-state index contributed by atoms with van der Waals surface area (Å²) in [5.41, 5.74) is 6.69. The SMILES string of the molecule is N[C@@H](C=O)Cc1cc(I)c(Oc2cc(I)c(O)c(I)c2)c(I)c1. The van der Waals surface area contributed by atoms with E-state index in [1.54, 1.807) is 12.1 Å². The minimum atomic E-state index is -0.492. The number of hydrogen-bond acceptors (Lipinski definition) is 4. The number of aldehydes is 1. The second-order valence-electron chi connectivity index (χ2n) is 4.73. The van der Waals surface area contributed by atoms with Crippen molar-refractivity contribution in [1.82, 2.24) is 0 Å². The zero-order valence-corrected chi connectivity index (χ0v) is 20.2. The first-order chi connectivity index (χ1) is 10.8. The van der Waals surface area contributed by atoms with Gasteiger partial charge in [0.05, 0.1) is 20.3 Å². The predicted molar refractivity (Wildman–Crippen MR) is 123 cm³/mol. The van der Waals surface area contributed by atoms with Gasteiger partial charge in [0.1, 0.15) is 17.8 Å². The molecular formula is C15H11I4NO3. The lowest BCUT2D eigenvalue weighted by atomic mass is 10.1. The van der Waals surface area contributed by atoms with Gasteiger partial charge in [-0.25, -0.2) is 0 Å². The second-order valence-corrected chi connectivity index (χ2v) is 9.38. The van der Waals surface area contributed by atoms with Crippen molar-refractivity contribution in [3.63, 3.8) is 0 Å². The van der Waals surface area contributed by atoms with E-state index < -0.39 is 6.04 Å². The van der Waals surface area contributed by atoms with E-state index in [0.717, 1.165) is 31.9 Å². The molecule has 0 aromatic heterocycles. The summed E-state index contributed by atoms with van der Waals surface area (Å²) in [6.07, 6.45) is 1.26. The molecule has 2 rings (SSSR count). The largest absolute Gasteiger partial charge is 0.506 e. The van der Waals surface area contributed by atoms with Crippen molar-refractivity contribution in [2.75, 3.05) is 0 Å². The fourth-order valence-electron chi connectivity index (χ4n) is 1.87. The van der Waals surface area contributed by atoms with Gasteiger partial charge in [-0.05, 0) is 127 Å².